The summed E-state index contributed by atoms with van der Waals surface area (Å²) >= 11 is 0. The Labute approximate surface area is 114 Å². The van der Waals surface area contributed by atoms with E-state index in [9.17, 15) is 9.59 Å². The summed E-state index contributed by atoms with van der Waals surface area (Å²) in [5.41, 5.74) is -0.467. The number of carbonyl (C=O) groups excluding carboxylic acids is 2. The minimum absolute atomic E-state index is 0.147. The minimum Gasteiger partial charge on any atom is -0.468 e. The zero-order valence-electron chi connectivity index (χ0n) is 12.2. The van der Waals surface area contributed by atoms with Crippen molar-refractivity contribution >= 4 is 11.9 Å². The Hall–Kier alpha value is -1.14. The van der Waals surface area contributed by atoms with Crippen LogP contribution in [0.4, 0.5) is 0 Å². The van der Waals surface area contributed by atoms with Gasteiger partial charge in [-0.3, -0.25) is 19.8 Å². The molecule has 0 bridgehead atoms. The van der Waals surface area contributed by atoms with Gasteiger partial charge in [0.25, 0.3) is 0 Å². The van der Waals surface area contributed by atoms with Gasteiger partial charge in [0.2, 0.25) is 0 Å². The zero-order chi connectivity index (χ0) is 14.5. The topological polar surface area (TPSA) is 67.9 Å². The normalized spacial score (nSPS) is 20.3. The van der Waals surface area contributed by atoms with E-state index in [1.165, 1.54) is 7.11 Å². The number of nitrogens with one attached hydrogen (secondary N) is 1. The first-order valence-corrected chi connectivity index (χ1v) is 6.58. The molecule has 0 aromatic rings. The number of ether oxygens (including phenoxy) is 2. The fraction of sp³-hybridized carbons (Fsp3) is 0.846. The number of nitrogens with zero attached hydrogens (tertiary/aromatic N) is 1. The first kappa shape index (κ1) is 15.9. The summed E-state index contributed by atoms with van der Waals surface area (Å²) in [6, 6.07) is -0.218. The number of carbonyl (C=O) groups is 2. The molecule has 0 spiro atoms. The third kappa shape index (κ3) is 5.57. The molecule has 1 saturated heterocycles. The van der Waals surface area contributed by atoms with Gasteiger partial charge < -0.3 is 9.47 Å². The van der Waals surface area contributed by atoms with E-state index in [4.69, 9.17) is 4.74 Å². The second-order valence-corrected chi connectivity index (χ2v) is 5.66. The maximum Gasteiger partial charge on any atom is 0.323 e. The van der Waals surface area contributed by atoms with Crippen molar-refractivity contribution in [3.05, 3.63) is 0 Å². The van der Waals surface area contributed by atoms with Crippen molar-refractivity contribution in [2.45, 2.75) is 45.3 Å². The highest BCUT2D eigenvalue weighted by Crippen LogP contribution is 2.20. The van der Waals surface area contributed by atoms with Gasteiger partial charge in [0.05, 0.1) is 13.7 Å². The van der Waals surface area contributed by atoms with E-state index in [2.05, 4.69) is 10.1 Å². The van der Waals surface area contributed by atoms with Crippen LogP contribution in [0.2, 0.25) is 0 Å². The molecular formula is C13H24N2O4. The fourth-order valence-corrected chi connectivity index (χ4v) is 2.03. The van der Waals surface area contributed by atoms with Crippen LogP contribution in [0.5, 0.6) is 0 Å². The van der Waals surface area contributed by atoms with Crippen LogP contribution in [0.1, 0.15) is 33.6 Å². The predicted molar refractivity (Wildman–Crippen MR) is 70.5 cm³/mol. The Kier molecular flexibility index (Phi) is 5.75. The van der Waals surface area contributed by atoms with Gasteiger partial charge in [0, 0.05) is 13.2 Å². The molecule has 0 aromatic heterocycles. The largest absolute Gasteiger partial charge is 0.468 e. The quantitative estimate of drug-likeness (QED) is 0.736. The number of rotatable bonds is 5. The third-order valence-electron chi connectivity index (χ3n) is 2.85. The molecule has 1 heterocycles. The van der Waals surface area contributed by atoms with Crippen molar-refractivity contribution in [1.29, 1.82) is 0 Å². The lowest BCUT2D eigenvalue weighted by atomic mass is 10.1. The molecule has 0 radical (unpaired) electrons. The van der Waals surface area contributed by atoms with Crippen molar-refractivity contribution in [1.82, 2.24) is 10.2 Å². The minimum atomic E-state index is -0.467. The lowest BCUT2D eigenvalue weighted by molar-refractivity contribution is -0.160. The summed E-state index contributed by atoms with van der Waals surface area (Å²) in [5.74, 6) is -0.502. The summed E-state index contributed by atoms with van der Waals surface area (Å²) < 4.78 is 9.94. The molecule has 0 saturated carbocycles. The Bertz CT molecular complexity index is 325. The van der Waals surface area contributed by atoms with Crippen molar-refractivity contribution in [3.8, 4) is 0 Å². The van der Waals surface area contributed by atoms with E-state index in [1.54, 1.807) is 0 Å². The molecule has 1 N–H and O–H groups in total. The Morgan fingerprint density at radius 3 is 2.63 bits per heavy atom. The molecule has 0 aromatic carbocycles. The molecule has 1 rings (SSSR count). The van der Waals surface area contributed by atoms with Gasteiger partial charge in [0.1, 0.15) is 11.6 Å². The molecular weight excluding hydrogens is 248 g/mol. The fourth-order valence-electron chi connectivity index (χ4n) is 2.03. The number of hydrogen-bond acceptors (Lipinski definition) is 6. The summed E-state index contributed by atoms with van der Waals surface area (Å²) in [7, 11) is 1.35. The van der Waals surface area contributed by atoms with Gasteiger partial charge in [-0.25, -0.2) is 0 Å². The van der Waals surface area contributed by atoms with Crippen LogP contribution >= 0.6 is 0 Å². The highest BCUT2D eigenvalue weighted by atomic mass is 16.6. The Balaban J connectivity index is 2.41. The third-order valence-corrected chi connectivity index (χ3v) is 2.85. The van der Waals surface area contributed by atoms with E-state index in [0.717, 1.165) is 19.4 Å². The molecule has 1 atom stereocenters. The van der Waals surface area contributed by atoms with Crippen molar-refractivity contribution in [3.63, 3.8) is 0 Å². The molecule has 6 nitrogen and oxygen atoms in total. The van der Waals surface area contributed by atoms with Crippen LogP contribution in [0.15, 0.2) is 0 Å². The molecule has 0 amide bonds. The lowest BCUT2D eigenvalue weighted by Crippen LogP contribution is -2.45. The molecule has 1 aliphatic heterocycles. The second-order valence-electron chi connectivity index (χ2n) is 5.66. The highest BCUT2D eigenvalue weighted by molar-refractivity contribution is 5.76. The van der Waals surface area contributed by atoms with Crippen molar-refractivity contribution < 1.29 is 19.1 Å². The maximum atomic E-state index is 12.0. The van der Waals surface area contributed by atoms with Crippen LogP contribution < -0.4 is 5.32 Å². The van der Waals surface area contributed by atoms with Gasteiger partial charge in [-0.1, -0.05) is 0 Å². The van der Waals surface area contributed by atoms with Crippen LogP contribution in [-0.2, 0) is 19.1 Å². The Morgan fingerprint density at radius 2 is 2.05 bits per heavy atom. The summed E-state index contributed by atoms with van der Waals surface area (Å²) in [5, 5.41) is 2.97. The van der Waals surface area contributed by atoms with Gasteiger partial charge in [-0.2, -0.15) is 0 Å². The molecule has 0 aliphatic carbocycles. The van der Waals surface area contributed by atoms with Crippen LogP contribution in [0, 0.1) is 0 Å². The van der Waals surface area contributed by atoms with Gasteiger partial charge in [0.15, 0.2) is 0 Å². The number of hydrogen-bond donors (Lipinski definition) is 1. The zero-order valence-corrected chi connectivity index (χ0v) is 12.2. The monoisotopic (exact) mass is 272 g/mol. The van der Waals surface area contributed by atoms with E-state index >= 15 is 0 Å². The summed E-state index contributed by atoms with van der Waals surface area (Å²) in [6.07, 6.45) is 1.76. The molecule has 110 valence electrons. The van der Waals surface area contributed by atoms with Crippen molar-refractivity contribution in [2.24, 2.45) is 0 Å². The first-order valence-electron chi connectivity index (χ1n) is 6.58. The maximum absolute atomic E-state index is 12.0. The Morgan fingerprint density at radius 1 is 1.37 bits per heavy atom. The molecule has 1 aliphatic rings. The number of methoxy groups -OCH3 is 1. The standard InChI is InChI=1S/C13H24N2O4/c1-13(2,3)19-12(17)10-6-5-7-15(10)9-14-8-11(16)18-4/h10,14H,5-9H2,1-4H3/t10-/m0/s1. The van der Waals surface area contributed by atoms with Gasteiger partial charge >= 0.3 is 11.9 Å². The predicted octanol–water partition coefficient (Wildman–Crippen LogP) is 0.513. The van der Waals surface area contributed by atoms with Gasteiger partial charge in [-0.15, -0.1) is 0 Å². The molecule has 0 unspecified atom stereocenters. The smallest absolute Gasteiger partial charge is 0.323 e. The van der Waals surface area contributed by atoms with Gasteiger partial charge in [-0.05, 0) is 33.6 Å². The molecule has 19 heavy (non-hydrogen) atoms. The van der Waals surface area contributed by atoms with E-state index in [1.807, 2.05) is 25.7 Å². The highest BCUT2D eigenvalue weighted by Gasteiger charge is 2.33. The van der Waals surface area contributed by atoms with Crippen LogP contribution in [0.3, 0.4) is 0 Å². The average molecular weight is 272 g/mol. The molecule has 1 fully saturated rings. The van der Waals surface area contributed by atoms with Crippen LogP contribution in [-0.4, -0.2) is 55.3 Å². The first-order chi connectivity index (χ1) is 8.83. The SMILES string of the molecule is COC(=O)CNCN1CCC[C@H]1C(=O)OC(C)(C)C. The molecule has 6 heteroatoms. The average Bonchev–Trinajstić information content (AvgIpc) is 2.75. The summed E-state index contributed by atoms with van der Waals surface area (Å²) in [4.78, 5) is 25.0. The van der Waals surface area contributed by atoms with Crippen LogP contribution in [0.25, 0.3) is 0 Å². The van der Waals surface area contributed by atoms with E-state index < -0.39 is 5.60 Å². The summed E-state index contributed by atoms with van der Waals surface area (Å²) in [6.45, 7) is 7.05. The van der Waals surface area contributed by atoms with E-state index in [0.29, 0.717) is 6.67 Å². The second kappa shape index (κ2) is 6.86. The van der Waals surface area contributed by atoms with Crippen molar-refractivity contribution in [2.75, 3.05) is 26.9 Å². The van der Waals surface area contributed by atoms with E-state index in [-0.39, 0.29) is 24.5 Å². The lowest BCUT2D eigenvalue weighted by Gasteiger charge is -2.27. The number of likely N-dealkylation sites (tertiary alicyclic amines) is 1. The number of esters is 2.